The monoisotopic (exact) mass is 301 g/mol. The second-order valence-corrected chi connectivity index (χ2v) is 7.11. The third-order valence-corrected chi connectivity index (χ3v) is 5.58. The predicted molar refractivity (Wildman–Crippen MR) is 81.8 cm³/mol. The first kappa shape index (κ1) is 16.1. The van der Waals surface area contributed by atoms with Crippen LogP contribution in [0, 0.1) is 17.3 Å². The maximum absolute atomic E-state index is 12.8. The zero-order valence-electron chi connectivity index (χ0n) is 12.8. The van der Waals surface area contributed by atoms with Crippen molar-refractivity contribution >= 4 is 18.5 Å². The van der Waals surface area contributed by atoms with Gasteiger partial charge in [0.05, 0.1) is 12.0 Å². The van der Waals surface area contributed by atoms with Gasteiger partial charge >= 0.3 is 0 Å². The average Bonchev–Trinajstić information content (AvgIpc) is 2.79. The molecular formula is C15H27NO3S. The van der Waals surface area contributed by atoms with Crippen LogP contribution in [0.15, 0.2) is 0 Å². The van der Waals surface area contributed by atoms with Crippen LogP contribution >= 0.6 is 12.6 Å². The molecule has 0 spiro atoms. The van der Waals surface area contributed by atoms with Crippen molar-refractivity contribution in [1.29, 1.82) is 0 Å². The summed E-state index contributed by atoms with van der Waals surface area (Å²) in [5.74, 6) is 0.691. The number of carbonyl (C=O) groups excluding carboxylic acids is 1. The third kappa shape index (κ3) is 3.31. The maximum atomic E-state index is 12.8. The van der Waals surface area contributed by atoms with Crippen molar-refractivity contribution in [3.05, 3.63) is 0 Å². The van der Waals surface area contributed by atoms with Gasteiger partial charge in [0, 0.05) is 38.7 Å². The minimum Gasteiger partial charge on any atom is -0.384 e. The zero-order chi connectivity index (χ0) is 14.8. The van der Waals surface area contributed by atoms with Crippen LogP contribution in [0.25, 0.3) is 0 Å². The van der Waals surface area contributed by atoms with E-state index >= 15 is 0 Å². The van der Waals surface area contributed by atoms with Crippen LogP contribution in [0.3, 0.4) is 0 Å². The number of hydrogen-bond acceptors (Lipinski definition) is 4. The van der Waals surface area contributed by atoms with Crippen LogP contribution in [0.2, 0.25) is 0 Å². The molecule has 4 nitrogen and oxygen atoms in total. The van der Waals surface area contributed by atoms with Crippen LogP contribution in [0.1, 0.15) is 33.1 Å². The molecule has 0 radical (unpaired) electrons. The van der Waals surface area contributed by atoms with Crippen molar-refractivity contribution in [3.63, 3.8) is 0 Å². The lowest BCUT2D eigenvalue weighted by Crippen LogP contribution is -2.45. The summed E-state index contributed by atoms with van der Waals surface area (Å²) < 4.78 is 10.6. The number of rotatable bonds is 4. The highest BCUT2D eigenvalue weighted by atomic mass is 32.1. The van der Waals surface area contributed by atoms with Crippen LogP contribution in [0.4, 0.5) is 0 Å². The molecule has 1 amide bonds. The molecule has 116 valence electrons. The second kappa shape index (κ2) is 6.67. The van der Waals surface area contributed by atoms with Crippen molar-refractivity contribution in [2.45, 2.75) is 38.5 Å². The van der Waals surface area contributed by atoms with E-state index in [4.69, 9.17) is 9.47 Å². The Labute approximate surface area is 127 Å². The molecule has 2 fully saturated rings. The van der Waals surface area contributed by atoms with Crippen molar-refractivity contribution in [2.24, 2.45) is 17.3 Å². The Bertz CT molecular complexity index is 344. The standard InChI is InChI=1S/C15H27NO3S/c1-11(15(2)4-6-19-7-5-15)14(17)16-9-12(10-18-3)8-13(16)20/h11-13,20H,4-10H2,1-3H3/t11?,12?,13-/m1/s1. The summed E-state index contributed by atoms with van der Waals surface area (Å²) >= 11 is 4.59. The first-order valence-corrected chi connectivity index (χ1v) is 8.05. The highest BCUT2D eigenvalue weighted by Crippen LogP contribution is 2.40. The molecule has 2 rings (SSSR count). The van der Waals surface area contributed by atoms with E-state index in [1.165, 1.54) is 0 Å². The molecule has 2 unspecified atom stereocenters. The summed E-state index contributed by atoms with van der Waals surface area (Å²) in [6.07, 6.45) is 2.86. The van der Waals surface area contributed by atoms with E-state index in [0.717, 1.165) is 39.0 Å². The quantitative estimate of drug-likeness (QED) is 0.809. The Balaban J connectivity index is 1.99. The van der Waals surface area contributed by atoms with Gasteiger partial charge in [0.1, 0.15) is 0 Å². The fourth-order valence-corrected chi connectivity index (χ4v) is 3.82. The van der Waals surface area contributed by atoms with E-state index in [-0.39, 0.29) is 22.6 Å². The summed E-state index contributed by atoms with van der Waals surface area (Å²) in [6.45, 7) is 7.31. The SMILES string of the molecule is COCC1C[C@@H](S)N(C(=O)C(C)C2(C)CCOCC2)C1. The zero-order valence-corrected chi connectivity index (χ0v) is 13.7. The average molecular weight is 301 g/mol. The van der Waals surface area contributed by atoms with Gasteiger partial charge in [0.25, 0.3) is 0 Å². The smallest absolute Gasteiger partial charge is 0.226 e. The Hall–Kier alpha value is -0.260. The molecule has 3 atom stereocenters. The van der Waals surface area contributed by atoms with E-state index in [0.29, 0.717) is 12.5 Å². The van der Waals surface area contributed by atoms with Crippen LogP contribution < -0.4 is 0 Å². The molecule has 0 aromatic heterocycles. The van der Waals surface area contributed by atoms with Crippen LogP contribution in [-0.4, -0.2) is 49.7 Å². The number of methoxy groups -OCH3 is 1. The molecule has 0 aromatic rings. The lowest BCUT2D eigenvalue weighted by atomic mass is 9.71. The summed E-state index contributed by atoms with van der Waals surface area (Å²) in [4.78, 5) is 14.7. The van der Waals surface area contributed by atoms with Gasteiger partial charge in [-0.15, -0.1) is 0 Å². The van der Waals surface area contributed by atoms with Crippen molar-refractivity contribution < 1.29 is 14.3 Å². The summed E-state index contributed by atoms with van der Waals surface area (Å²) in [5, 5.41) is 0.0357. The van der Waals surface area contributed by atoms with Gasteiger partial charge in [-0.2, -0.15) is 12.6 Å². The summed E-state index contributed by atoms with van der Waals surface area (Å²) in [7, 11) is 1.71. The molecular weight excluding hydrogens is 274 g/mol. The van der Waals surface area contributed by atoms with Gasteiger partial charge in [-0.25, -0.2) is 0 Å². The van der Waals surface area contributed by atoms with Crippen LogP contribution in [0.5, 0.6) is 0 Å². The Morgan fingerprint density at radius 1 is 1.50 bits per heavy atom. The van der Waals surface area contributed by atoms with Gasteiger partial charge in [0.15, 0.2) is 0 Å². The van der Waals surface area contributed by atoms with Gasteiger partial charge in [-0.3, -0.25) is 4.79 Å². The molecule has 0 bridgehead atoms. The van der Waals surface area contributed by atoms with Gasteiger partial charge in [-0.1, -0.05) is 13.8 Å². The molecule has 0 N–H and O–H groups in total. The lowest BCUT2D eigenvalue weighted by Gasteiger charge is -2.40. The van der Waals surface area contributed by atoms with E-state index in [1.807, 2.05) is 4.90 Å². The number of thiol groups is 1. The third-order valence-electron chi connectivity index (χ3n) is 5.10. The van der Waals surface area contributed by atoms with Gasteiger partial charge < -0.3 is 14.4 Å². The molecule has 2 aliphatic rings. The molecule has 0 aliphatic carbocycles. The highest BCUT2D eigenvalue weighted by molar-refractivity contribution is 7.80. The normalized spacial score (nSPS) is 31.3. The predicted octanol–water partition coefficient (Wildman–Crippen LogP) is 2.19. The largest absolute Gasteiger partial charge is 0.384 e. The molecule has 2 saturated heterocycles. The second-order valence-electron chi connectivity index (χ2n) is 6.52. The number of amides is 1. The van der Waals surface area contributed by atoms with Crippen molar-refractivity contribution in [2.75, 3.05) is 33.5 Å². The first-order valence-electron chi connectivity index (χ1n) is 7.53. The number of ether oxygens (including phenoxy) is 2. The van der Waals surface area contributed by atoms with E-state index in [2.05, 4.69) is 26.5 Å². The number of carbonyl (C=O) groups is 1. The Morgan fingerprint density at radius 2 is 2.15 bits per heavy atom. The van der Waals surface area contributed by atoms with Gasteiger partial charge in [0.2, 0.25) is 5.91 Å². The van der Waals surface area contributed by atoms with E-state index in [9.17, 15) is 4.79 Å². The number of hydrogen-bond donors (Lipinski definition) is 1. The molecule has 2 aliphatic heterocycles. The minimum absolute atomic E-state index is 0.0299. The van der Waals surface area contributed by atoms with Crippen molar-refractivity contribution in [3.8, 4) is 0 Å². The molecule has 0 aromatic carbocycles. The highest BCUT2D eigenvalue weighted by Gasteiger charge is 2.42. The molecule has 20 heavy (non-hydrogen) atoms. The summed E-state index contributed by atoms with van der Waals surface area (Å²) in [5.41, 5.74) is 0.0577. The topological polar surface area (TPSA) is 38.8 Å². The minimum atomic E-state index is 0.0299. The molecule has 2 heterocycles. The van der Waals surface area contributed by atoms with E-state index in [1.54, 1.807) is 7.11 Å². The van der Waals surface area contributed by atoms with E-state index < -0.39 is 0 Å². The van der Waals surface area contributed by atoms with Gasteiger partial charge in [-0.05, 0) is 24.7 Å². The fourth-order valence-electron chi connectivity index (χ4n) is 3.31. The Morgan fingerprint density at radius 3 is 2.75 bits per heavy atom. The fraction of sp³-hybridized carbons (Fsp3) is 0.933. The number of likely N-dealkylation sites (tertiary alicyclic amines) is 1. The maximum Gasteiger partial charge on any atom is 0.226 e. The molecule has 5 heteroatoms. The Kier molecular flexibility index (Phi) is 5.37. The first-order chi connectivity index (χ1) is 9.48. The lowest BCUT2D eigenvalue weighted by molar-refractivity contribution is -0.141. The number of nitrogens with zero attached hydrogens (tertiary/aromatic N) is 1. The van der Waals surface area contributed by atoms with Crippen molar-refractivity contribution in [1.82, 2.24) is 4.90 Å². The summed E-state index contributed by atoms with van der Waals surface area (Å²) in [6, 6.07) is 0. The van der Waals surface area contributed by atoms with Crippen LogP contribution in [-0.2, 0) is 14.3 Å². The molecule has 0 saturated carbocycles.